The van der Waals surface area contributed by atoms with Crippen LogP contribution in [0.3, 0.4) is 0 Å². The average Bonchev–Trinajstić information content (AvgIpc) is 2.35. The van der Waals surface area contributed by atoms with Crippen LogP contribution in [-0.2, 0) is 4.74 Å². The molecule has 1 heterocycles. The van der Waals surface area contributed by atoms with Crippen molar-refractivity contribution in [2.45, 2.75) is 6.36 Å². The number of carbonyl (C=O) groups excluding carboxylic acids is 1. The Morgan fingerprint density at radius 3 is 2.35 bits per heavy atom. The fourth-order valence-electron chi connectivity index (χ4n) is 1.20. The second-order valence-electron chi connectivity index (χ2n) is 3.16. The van der Waals surface area contributed by atoms with Crippen LogP contribution in [0, 0.1) is 10.1 Å². The van der Waals surface area contributed by atoms with Crippen LogP contribution in [-0.4, -0.2) is 36.5 Å². The smallest absolute Gasteiger partial charge is 0.492 e. The summed E-state index contributed by atoms with van der Waals surface area (Å²) in [5.74, 6) is -4.05. The Morgan fingerprint density at radius 1 is 1.35 bits per heavy atom. The zero-order valence-corrected chi connectivity index (χ0v) is 10.1. The number of methoxy groups -OCH3 is 2. The molecule has 20 heavy (non-hydrogen) atoms. The van der Waals surface area contributed by atoms with Crippen LogP contribution < -0.4 is 9.47 Å². The van der Waals surface area contributed by atoms with E-state index in [1.54, 1.807) is 0 Å². The highest BCUT2D eigenvalue weighted by atomic mass is 19.4. The second kappa shape index (κ2) is 5.59. The highest BCUT2D eigenvalue weighted by Crippen LogP contribution is 2.35. The molecule has 0 radical (unpaired) electrons. The largest absolute Gasteiger partial charge is 0.573 e. The van der Waals surface area contributed by atoms with Gasteiger partial charge in [0.25, 0.3) is 0 Å². The molecule has 0 aromatic carbocycles. The number of alkyl halides is 3. The van der Waals surface area contributed by atoms with E-state index in [-0.39, 0.29) is 0 Å². The predicted octanol–water partition coefficient (Wildman–Crippen LogP) is 1.68. The zero-order chi connectivity index (χ0) is 15.5. The lowest BCUT2D eigenvalue weighted by atomic mass is 10.3. The minimum absolute atomic E-state index is 0.457. The molecule has 0 aliphatic heterocycles. The molecule has 1 rings (SSSR count). The Labute approximate surface area is 109 Å². The molecule has 0 amide bonds. The number of aromatic nitrogens is 1. The summed E-state index contributed by atoms with van der Waals surface area (Å²) in [6, 6.07) is 0.533. The predicted molar refractivity (Wildman–Crippen MR) is 55.5 cm³/mol. The average molecular weight is 296 g/mol. The number of hydrogen-bond acceptors (Lipinski definition) is 7. The summed E-state index contributed by atoms with van der Waals surface area (Å²) in [6.45, 7) is 0. The molecule has 0 saturated carbocycles. The lowest BCUT2D eigenvalue weighted by molar-refractivity contribution is -0.393. The standard InChI is InChI=1S/C9H7F3N2O6/c1-18-4-3-5(20-9(10,11)12)7(14(16)17)13-6(4)8(15)19-2/h3H,1-2H3. The van der Waals surface area contributed by atoms with Crippen molar-refractivity contribution in [2.24, 2.45) is 0 Å². The summed E-state index contributed by atoms with van der Waals surface area (Å²) in [6.07, 6.45) is -5.16. The molecule has 0 atom stereocenters. The van der Waals surface area contributed by atoms with Gasteiger partial charge in [-0.3, -0.25) is 0 Å². The van der Waals surface area contributed by atoms with E-state index in [0.717, 1.165) is 14.2 Å². The van der Waals surface area contributed by atoms with Crippen LogP contribution in [0.15, 0.2) is 6.07 Å². The van der Waals surface area contributed by atoms with E-state index < -0.39 is 40.3 Å². The Kier molecular flexibility index (Phi) is 4.32. The van der Waals surface area contributed by atoms with Gasteiger partial charge in [-0.25, -0.2) is 4.79 Å². The first-order valence-electron chi connectivity index (χ1n) is 4.77. The van der Waals surface area contributed by atoms with E-state index in [9.17, 15) is 28.1 Å². The lowest BCUT2D eigenvalue weighted by Crippen LogP contribution is -2.19. The third-order valence-corrected chi connectivity index (χ3v) is 1.93. The Balaban J connectivity index is 3.45. The van der Waals surface area contributed by atoms with Crippen molar-refractivity contribution < 1.29 is 37.1 Å². The van der Waals surface area contributed by atoms with Gasteiger partial charge in [-0.1, -0.05) is 0 Å². The number of nitro groups is 1. The Hall–Kier alpha value is -2.59. The molecular formula is C9H7F3N2O6. The highest BCUT2D eigenvalue weighted by Gasteiger charge is 2.37. The summed E-state index contributed by atoms with van der Waals surface area (Å²) in [5.41, 5.74) is -0.642. The number of rotatable bonds is 4. The van der Waals surface area contributed by atoms with Gasteiger partial charge in [-0.15, -0.1) is 13.2 Å². The van der Waals surface area contributed by atoms with Crippen LogP contribution in [0.4, 0.5) is 19.0 Å². The van der Waals surface area contributed by atoms with Gasteiger partial charge in [0.1, 0.15) is 0 Å². The molecule has 0 fully saturated rings. The quantitative estimate of drug-likeness (QED) is 0.473. The molecule has 11 heteroatoms. The van der Waals surface area contributed by atoms with Gasteiger partial charge in [0.05, 0.1) is 14.2 Å². The van der Waals surface area contributed by atoms with Crippen LogP contribution in [0.2, 0.25) is 0 Å². The van der Waals surface area contributed by atoms with Crippen molar-refractivity contribution in [1.82, 2.24) is 4.98 Å². The SMILES string of the molecule is COC(=O)c1nc([N+](=O)[O-])c(OC(F)(F)F)cc1OC. The first-order chi connectivity index (χ1) is 9.19. The Bertz CT molecular complexity index is 545. The Morgan fingerprint density at radius 2 is 1.95 bits per heavy atom. The van der Waals surface area contributed by atoms with Crippen molar-refractivity contribution in [3.05, 3.63) is 21.9 Å². The van der Waals surface area contributed by atoms with Crippen molar-refractivity contribution >= 4 is 11.8 Å². The minimum Gasteiger partial charge on any atom is -0.492 e. The molecule has 0 aliphatic carbocycles. The van der Waals surface area contributed by atoms with E-state index in [1.807, 2.05) is 0 Å². The van der Waals surface area contributed by atoms with Crippen molar-refractivity contribution in [3.8, 4) is 11.5 Å². The monoisotopic (exact) mass is 296 g/mol. The molecule has 8 nitrogen and oxygen atoms in total. The van der Waals surface area contributed by atoms with Gasteiger partial charge in [0.15, 0.2) is 5.75 Å². The topological polar surface area (TPSA) is 101 Å². The number of ether oxygens (including phenoxy) is 3. The fraction of sp³-hybridized carbons (Fsp3) is 0.333. The van der Waals surface area contributed by atoms with E-state index in [0.29, 0.717) is 6.07 Å². The zero-order valence-electron chi connectivity index (χ0n) is 10.1. The van der Waals surface area contributed by atoms with Crippen molar-refractivity contribution in [3.63, 3.8) is 0 Å². The van der Waals surface area contributed by atoms with Gasteiger partial charge >= 0.3 is 23.8 Å². The third kappa shape index (κ3) is 3.46. The van der Waals surface area contributed by atoms with Crippen molar-refractivity contribution in [2.75, 3.05) is 14.2 Å². The van der Waals surface area contributed by atoms with Gasteiger partial charge in [0, 0.05) is 6.07 Å². The molecule has 1 aromatic rings. The van der Waals surface area contributed by atoms with Gasteiger partial charge < -0.3 is 24.3 Å². The molecule has 0 saturated heterocycles. The maximum absolute atomic E-state index is 12.1. The molecular weight excluding hydrogens is 289 g/mol. The lowest BCUT2D eigenvalue weighted by Gasteiger charge is -2.10. The number of nitrogens with zero attached hydrogens (tertiary/aromatic N) is 2. The number of esters is 1. The van der Waals surface area contributed by atoms with Crippen LogP contribution in [0.25, 0.3) is 0 Å². The van der Waals surface area contributed by atoms with Gasteiger partial charge in [-0.05, 0) is 9.91 Å². The molecule has 0 bridgehead atoms. The molecule has 0 aliphatic rings. The van der Waals surface area contributed by atoms with Gasteiger partial charge in [0.2, 0.25) is 5.75 Å². The van der Waals surface area contributed by atoms with Crippen LogP contribution >= 0.6 is 0 Å². The fourth-order valence-corrected chi connectivity index (χ4v) is 1.20. The first-order valence-corrected chi connectivity index (χ1v) is 4.77. The first kappa shape index (κ1) is 15.5. The summed E-state index contributed by atoms with van der Waals surface area (Å²) in [7, 11) is 2.00. The number of hydrogen-bond donors (Lipinski definition) is 0. The second-order valence-corrected chi connectivity index (χ2v) is 3.16. The molecule has 0 spiro atoms. The number of pyridine rings is 1. The van der Waals surface area contributed by atoms with E-state index in [1.165, 1.54) is 0 Å². The molecule has 1 aromatic heterocycles. The summed E-state index contributed by atoms with van der Waals surface area (Å²) >= 11 is 0. The van der Waals surface area contributed by atoms with E-state index in [4.69, 9.17) is 0 Å². The van der Waals surface area contributed by atoms with Gasteiger partial charge in [-0.2, -0.15) is 0 Å². The van der Waals surface area contributed by atoms with Crippen molar-refractivity contribution in [1.29, 1.82) is 0 Å². The molecule has 0 N–H and O–H groups in total. The number of halogens is 3. The van der Waals surface area contributed by atoms with E-state index >= 15 is 0 Å². The summed E-state index contributed by atoms with van der Waals surface area (Å²) < 4.78 is 48.8. The van der Waals surface area contributed by atoms with Crippen LogP contribution in [0.1, 0.15) is 10.5 Å². The highest BCUT2D eigenvalue weighted by molar-refractivity contribution is 5.91. The maximum Gasteiger partial charge on any atom is 0.573 e. The molecule has 110 valence electrons. The number of carbonyl (C=O) groups is 1. The summed E-state index contributed by atoms with van der Waals surface area (Å²) in [5, 5.41) is 10.7. The van der Waals surface area contributed by atoms with Crippen LogP contribution in [0.5, 0.6) is 11.5 Å². The van der Waals surface area contributed by atoms with E-state index in [2.05, 4.69) is 19.2 Å². The minimum atomic E-state index is -5.16. The molecule has 0 unspecified atom stereocenters. The maximum atomic E-state index is 12.1. The summed E-state index contributed by atoms with van der Waals surface area (Å²) in [4.78, 5) is 23.9. The third-order valence-electron chi connectivity index (χ3n) is 1.93. The normalized spacial score (nSPS) is 10.8.